The van der Waals surface area contributed by atoms with Crippen molar-refractivity contribution in [3.05, 3.63) is 18.2 Å². The number of hydrogen-bond donors (Lipinski definition) is 1. The highest BCUT2D eigenvalue weighted by Crippen LogP contribution is 2.32. The molecule has 1 aromatic heterocycles. The van der Waals surface area contributed by atoms with Crippen molar-refractivity contribution in [2.75, 3.05) is 43.7 Å². The number of urea groups is 1. The fourth-order valence-electron chi connectivity index (χ4n) is 4.30. The fraction of sp³-hybridized carbons (Fsp3) is 0.550. The Morgan fingerprint density at radius 2 is 1.86 bits per heavy atom. The van der Waals surface area contributed by atoms with Gasteiger partial charge < -0.3 is 14.4 Å². The number of ether oxygens (including phenoxy) is 2. The van der Waals surface area contributed by atoms with Gasteiger partial charge in [-0.05, 0) is 31.0 Å². The van der Waals surface area contributed by atoms with Crippen LogP contribution < -0.4 is 15.1 Å². The van der Waals surface area contributed by atoms with Crippen molar-refractivity contribution in [2.45, 2.75) is 25.6 Å². The third-order valence-electron chi connectivity index (χ3n) is 5.88. The molecule has 3 amide bonds. The second-order valence-corrected chi connectivity index (χ2v) is 7.57. The number of nitrogens with one attached hydrogen (secondary N) is 1. The van der Waals surface area contributed by atoms with E-state index in [2.05, 4.69) is 27.4 Å². The van der Waals surface area contributed by atoms with Crippen molar-refractivity contribution in [3.63, 3.8) is 0 Å². The average Bonchev–Trinajstić information content (AvgIpc) is 3.05. The number of hydrogen-bond acceptors (Lipinski definition) is 6. The molecule has 29 heavy (non-hydrogen) atoms. The number of carbonyl (C=O) groups is 2. The molecule has 4 rings (SSSR count). The minimum absolute atomic E-state index is 0.151. The number of piperidine rings is 1. The highest BCUT2D eigenvalue weighted by atomic mass is 16.7. The summed E-state index contributed by atoms with van der Waals surface area (Å²) < 4.78 is 12.6. The lowest BCUT2D eigenvalue weighted by atomic mass is 9.95. The predicted octanol–water partition coefficient (Wildman–Crippen LogP) is 1.85. The summed E-state index contributed by atoms with van der Waals surface area (Å²) in [5.74, 6) is 0.732. The van der Waals surface area contributed by atoms with Crippen LogP contribution in [-0.2, 0) is 21.3 Å². The average molecular weight is 401 g/mol. The number of imide groups is 1. The van der Waals surface area contributed by atoms with Crippen LogP contribution in [0.5, 0.6) is 0 Å². The molecule has 0 radical (unpaired) electrons. The highest BCUT2D eigenvalue weighted by Gasteiger charge is 2.29. The maximum absolute atomic E-state index is 12.2. The van der Waals surface area contributed by atoms with Gasteiger partial charge in [0.25, 0.3) is 0 Å². The quantitative estimate of drug-likeness (QED) is 0.770. The van der Waals surface area contributed by atoms with Crippen LogP contribution >= 0.6 is 0 Å². The van der Waals surface area contributed by atoms with Gasteiger partial charge in [-0.2, -0.15) is 5.10 Å². The molecular weight excluding hydrogens is 374 g/mol. The molecule has 0 atom stereocenters. The molecule has 2 aliphatic rings. The van der Waals surface area contributed by atoms with Crippen LogP contribution in [-0.4, -0.2) is 61.9 Å². The van der Waals surface area contributed by atoms with Crippen LogP contribution in [0.15, 0.2) is 18.2 Å². The van der Waals surface area contributed by atoms with Crippen molar-refractivity contribution in [3.8, 4) is 0 Å². The second kappa shape index (κ2) is 8.00. The molecule has 2 fully saturated rings. The van der Waals surface area contributed by atoms with Gasteiger partial charge in [0.2, 0.25) is 5.91 Å². The number of anilines is 2. The number of benzene rings is 1. The van der Waals surface area contributed by atoms with Crippen LogP contribution in [0.1, 0.15) is 19.3 Å². The summed E-state index contributed by atoms with van der Waals surface area (Å²) in [5.41, 5.74) is 2.09. The van der Waals surface area contributed by atoms with Crippen molar-refractivity contribution >= 4 is 34.3 Å². The number of rotatable bonds is 5. The third-order valence-corrected chi connectivity index (χ3v) is 5.88. The molecule has 1 aromatic carbocycles. The summed E-state index contributed by atoms with van der Waals surface area (Å²) in [6.45, 7) is 2.20. The first-order valence-corrected chi connectivity index (χ1v) is 9.90. The Kier molecular flexibility index (Phi) is 5.42. The van der Waals surface area contributed by atoms with Gasteiger partial charge in [0.05, 0.1) is 5.52 Å². The van der Waals surface area contributed by atoms with E-state index in [0.29, 0.717) is 18.3 Å². The maximum atomic E-state index is 12.2. The van der Waals surface area contributed by atoms with Crippen molar-refractivity contribution in [1.82, 2.24) is 15.1 Å². The van der Waals surface area contributed by atoms with Crippen molar-refractivity contribution in [2.24, 2.45) is 13.0 Å². The van der Waals surface area contributed by atoms with Gasteiger partial charge in [-0.3, -0.25) is 19.7 Å². The fourth-order valence-corrected chi connectivity index (χ4v) is 4.30. The summed E-state index contributed by atoms with van der Waals surface area (Å²) >= 11 is 0. The largest absolute Gasteiger partial charge is 0.371 e. The van der Waals surface area contributed by atoms with Gasteiger partial charge in [-0.1, -0.05) is 0 Å². The Morgan fingerprint density at radius 3 is 2.52 bits per heavy atom. The number of aryl methyl sites for hydroxylation is 1. The van der Waals surface area contributed by atoms with E-state index in [-0.39, 0.29) is 18.6 Å². The molecule has 2 aliphatic heterocycles. The molecule has 1 N–H and O–H groups in total. The monoisotopic (exact) mass is 401 g/mol. The van der Waals surface area contributed by atoms with E-state index in [1.54, 1.807) is 18.9 Å². The van der Waals surface area contributed by atoms with Gasteiger partial charge in [-0.25, -0.2) is 4.79 Å². The minimum atomic E-state index is -0.418. The normalized spacial score (nSPS) is 18.8. The SMILES string of the molecule is COC(OC)C1CCN(c2ccc3c(N4CCC(=O)NC4=O)nn(C)c3c2)CC1. The first-order chi connectivity index (χ1) is 14.0. The van der Waals surface area contributed by atoms with E-state index in [4.69, 9.17) is 9.47 Å². The van der Waals surface area contributed by atoms with Gasteiger partial charge in [0, 0.05) is 64.3 Å². The number of nitrogens with zero attached hydrogens (tertiary/aromatic N) is 4. The molecule has 0 bridgehead atoms. The smallest absolute Gasteiger partial charge is 0.329 e. The Bertz CT molecular complexity index is 915. The number of carbonyl (C=O) groups excluding carboxylic acids is 2. The molecule has 0 saturated carbocycles. The van der Waals surface area contributed by atoms with Gasteiger partial charge >= 0.3 is 6.03 Å². The Balaban J connectivity index is 1.54. The predicted molar refractivity (Wildman–Crippen MR) is 109 cm³/mol. The number of aromatic nitrogens is 2. The lowest BCUT2D eigenvalue weighted by Crippen LogP contribution is -2.49. The molecule has 0 aliphatic carbocycles. The summed E-state index contributed by atoms with van der Waals surface area (Å²) in [7, 11) is 5.25. The molecule has 3 heterocycles. The van der Waals surface area contributed by atoms with Gasteiger partial charge in [0.15, 0.2) is 12.1 Å². The molecule has 0 spiro atoms. The molecule has 9 nitrogen and oxygen atoms in total. The first kappa shape index (κ1) is 19.7. The van der Waals surface area contributed by atoms with Gasteiger partial charge in [0.1, 0.15) is 0 Å². The van der Waals surface area contributed by atoms with E-state index in [9.17, 15) is 9.59 Å². The molecule has 2 aromatic rings. The lowest BCUT2D eigenvalue weighted by molar-refractivity contribution is -0.141. The van der Waals surface area contributed by atoms with E-state index in [0.717, 1.165) is 42.5 Å². The van der Waals surface area contributed by atoms with E-state index in [1.165, 1.54) is 4.90 Å². The minimum Gasteiger partial charge on any atom is -0.371 e. The standard InChI is InChI=1S/C20H27N5O4/c1-23-16-12-14(24-9-6-13(7-10-24)19(28-2)29-3)4-5-15(16)18(22-23)25-11-8-17(26)21-20(25)27/h4-5,12-13,19H,6-11H2,1-3H3,(H,21,26,27). The molecule has 9 heteroatoms. The highest BCUT2D eigenvalue weighted by molar-refractivity contribution is 6.09. The molecule has 156 valence electrons. The first-order valence-electron chi connectivity index (χ1n) is 9.90. The Morgan fingerprint density at radius 1 is 1.14 bits per heavy atom. The van der Waals surface area contributed by atoms with E-state index in [1.807, 2.05) is 13.1 Å². The molecule has 2 saturated heterocycles. The van der Waals surface area contributed by atoms with Gasteiger partial charge in [-0.15, -0.1) is 0 Å². The second-order valence-electron chi connectivity index (χ2n) is 7.57. The Labute approximate surface area is 169 Å². The zero-order valence-corrected chi connectivity index (χ0v) is 17.1. The third kappa shape index (κ3) is 3.67. The van der Waals surface area contributed by atoms with Crippen LogP contribution in [0.2, 0.25) is 0 Å². The topological polar surface area (TPSA) is 88.9 Å². The summed E-state index contributed by atoms with van der Waals surface area (Å²) in [6.07, 6.45) is 2.13. The molecule has 0 unspecified atom stereocenters. The number of methoxy groups -OCH3 is 2. The van der Waals surface area contributed by atoms with Crippen molar-refractivity contribution < 1.29 is 19.1 Å². The van der Waals surface area contributed by atoms with Crippen LogP contribution in [0, 0.1) is 5.92 Å². The van der Waals surface area contributed by atoms with E-state index >= 15 is 0 Å². The zero-order chi connectivity index (χ0) is 20.5. The van der Waals surface area contributed by atoms with Crippen molar-refractivity contribution in [1.29, 1.82) is 0 Å². The summed E-state index contributed by atoms with van der Waals surface area (Å²) in [6, 6.07) is 5.78. The van der Waals surface area contributed by atoms with Crippen LogP contribution in [0.3, 0.4) is 0 Å². The van der Waals surface area contributed by atoms with E-state index < -0.39 is 6.03 Å². The van der Waals surface area contributed by atoms with Crippen LogP contribution in [0.4, 0.5) is 16.3 Å². The zero-order valence-electron chi connectivity index (χ0n) is 17.1. The summed E-state index contributed by atoms with van der Waals surface area (Å²) in [4.78, 5) is 27.6. The summed E-state index contributed by atoms with van der Waals surface area (Å²) in [5, 5.41) is 7.81. The maximum Gasteiger partial charge on any atom is 0.329 e. The van der Waals surface area contributed by atoms with Crippen LogP contribution in [0.25, 0.3) is 10.9 Å². The number of amides is 3. The Hall–Kier alpha value is -2.65. The molecular formula is C20H27N5O4. The number of fused-ring (bicyclic) bond motifs is 1. The lowest BCUT2D eigenvalue weighted by Gasteiger charge is -2.36.